The van der Waals surface area contributed by atoms with E-state index in [9.17, 15) is 14.4 Å². The van der Waals surface area contributed by atoms with Gasteiger partial charge in [-0.15, -0.1) is 0 Å². The summed E-state index contributed by atoms with van der Waals surface area (Å²) in [4.78, 5) is 31.7. The Hall–Kier alpha value is -1.89. The number of carbonyl (C=O) groups excluding carboxylic acids is 1. The Morgan fingerprint density at radius 3 is 2.20 bits per heavy atom. The molecule has 0 aromatic heterocycles. The van der Waals surface area contributed by atoms with Gasteiger partial charge in [-0.2, -0.15) is 0 Å². The van der Waals surface area contributed by atoms with Gasteiger partial charge < -0.3 is 10.2 Å². The highest BCUT2D eigenvalue weighted by Crippen LogP contribution is 1.92. The van der Waals surface area contributed by atoms with E-state index in [1.165, 1.54) is 6.92 Å². The van der Waals surface area contributed by atoms with Crippen LogP contribution in [0.25, 0.3) is 0 Å². The summed E-state index contributed by atoms with van der Waals surface area (Å²) in [6.45, 7) is 4.76. The summed E-state index contributed by atoms with van der Waals surface area (Å²) < 4.78 is 0. The van der Waals surface area contributed by atoms with E-state index in [0.717, 1.165) is 0 Å². The van der Waals surface area contributed by atoms with Crippen LogP contribution in [0.2, 0.25) is 0 Å². The Labute approximate surface area is 85.7 Å². The van der Waals surface area contributed by atoms with Crippen LogP contribution in [-0.2, 0) is 14.4 Å². The third-order valence-electron chi connectivity index (χ3n) is 1.42. The maximum Gasteiger partial charge on any atom is 0.323 e. The molecule has 0 spiro atoms. The Morgan fingerprint density at radius 2 is 1.87 bits per heavy atom. The lowest BCUT2D eigenvalue weighted by atomic mass is 10.2. The van der Waals surface area contributed by atoms with E-state index in [4.69, 9.17) is 10.2 Å². The standard InChI is InChI=1S/C8H12N2O5/c1-4(2)7(13)10-9-5(8(14)15)3-6(11)12/h5,9H,1,3H2,2H3,(H,10,13)(H,11,12)(H,14,15)/t5-/m0/s1. The van der Waals surface area contributed by atoms with Crippen molar-refractivity contribution in [3.05, 3.63) is 12.2 Å². The van der Waals surface area contributed by atoms with Crippen LogP contribution in [0.15, 0.2) is 12.2 Å². The van der Waals surface area contributed by atoms with Gasteiger partial charge in [0.2, 0.25) is 0 Å². The van der Waals surface area contributed by atoms with E-state index in [1.54, 1.807) is 0 Å². The molecule has 0 aromatic rings. The van der Waals surface area contributed by atoms with Crippen LogP contribution >= 0.6 is 0 Å². The largest absolute Gasteiger partial charge is 0.481 e. The first-order chi connectivity index (χ1) is 6.84. The van der Waals surface area contributed by atoms with E-state index in [2.05, 4.69) is 12.0 Å². The monoisotopic (exact) mass is 216 g/mol. The van der Waals surface area contributed by atoms with Crippen LogP contribution in [0.1, 0.15) is 13.3 Å². The Balaban J connectivity index is 4.19. The molecule has 0 saturated carbocycles. The predicted octanol–water partition coefficient (Wildman–Crippen LogP) is -0.889. The normalized spacial score (nSPS) is 11.5. The number of aliphatic carboxylic acids is 2. The van der Waals surface area contributed by atoms with Gasteiger partial charge in [0.05, 0.1) is 6.42 Å². The fourth-order valence-corrected chi connectivity index (χ4v) is 0.634. The number of hydrazine groups is 1. The Bertz CT molecular complexity index is 299. The molecule has 0 aromatic carbocycles. The summed E-state index contributed by atoms with van der Waals surface area (Å²) in [6.07, 6.45) is -0.633. The first kappa shape index (κ1) is 13.1. The molecule has 0 rings (SSSR count). The van der Waals surface area contributed by atoms with Gasteiger partial charge in [0, 0.05) is 5.57 Å². The van der Waals surface area contributed by atoms with Crippen molar-refractivity contribution in [1.29, 1.82) is 0 Å². The molecule has 84 valence electrons. The highest BCUT2D eigenvalue weighted by molar-refractivity contribution is 5.92. The molecule has 0 saturated heterocycles. The second-order valence-electron chi connectivity index (χ2n) is 2.87. The third kappa shape index (κ3) is 5.42. The van der Waals surface area contributed by atoms with Crippen LogP contribution in [-0.4, -0.2) is 34.1 Å². The summed E-state index contributed by atoms with van der Waals surface area (Å²) in [5, 5.41) is 16.9. The molecule has 1 atom stereocenters. The minimum atomic E-state index is -1.37. The smallest absolute Gasteiger partial charge is 0.323 e. The van der Waals surface area contributed by atoms with Crippen molar-refractivity contribution in [2.45, 2.75) is 19.4 Å². The fraction of sp³-hybridized carbons (Fsp3) is 0.375. The molecular formula is C8H12N2O5. The summed E-state index contributed by atoms with van der Waals surface area (Å²) >= 11 is 0. The number of rotatable bonds is 6. The molecule has 0 aliphatic rings. The van der Waals surface area contributed by atoms with Gasteiger partial charge in [-0.05, 0) is 6.92 Å². The minimum absolute atomic E-state index is 0.182. The average molecular weight is 216 g/mol. The number of carboxylic acids is 2. The molecule has 0 aliphatic carbocycles. The lowest BCUT2D eigenvalue weighted by Gasteiger charge is -2.12. The van der Waals surface area contributed by atoms with Crippen LogP contribution in [0, 0.1) is 0 Å². The second kappa shape index (κ2) is 5.76. The topological polar surface area (TPSA) is 116 Å². The number of carbonyl (C=O) groups is 3. The SMILES string of the molecule is C=C(C)C(=O)NN[C@@H](CC(=O)O)C(=O)O. The predicted molar refractivity (Wildman–Crippen MR) is 49.8 cm³/mol. The van der Waals surface area contributed by atoms with E-state index >= 15 is 0 Å². The van der Waals surface area contributed by atoms with E-state index in [1.807, 2.05) is 5.43 Å². The molecular weight excluding hydrogens is 204 g/mol. The number of hydrogen-bond donors (Lipinski definition) is 4. The summed E-state index contributed by atoms with van der Waals surface area (Å²) in [7, 11) is 0. The molecule has 7 nitrogen and oxygen atoms in total. The number of carboxylic acid groups (broad SMARTS) is 2. The van der Waals surface area contributed by atoms with Gasteiger partial charge in [-0.3, -0.25) is 19.8 Å². The molecule has 1 amide bonds. The van der Waals surface area contributed by atoms with Gasteiger partial charge in [-0.1, -0.05) is 6.58 Å². The summed E-state index contributed by atoms with van der Waals surface area (Å²) in [5.41, 5.74) is 4.31. The first-order valence-electron chi connectivity index (χ1n) is 4.00. The van der Waals surface area contributed by atoms with Crippen LogP contribution in [0.5, 0.6) is 0 Å². The lowest BCUT2D eigenvalue weighted by Crippen LogP contribution is -2.49. The van der Waals surface area contributed by atoms with Gasteiger partial charge in [0.1, 0.15) is 6.04 Å². The summed E-state index contributed by atoms with van der Waals surface area (Å²) in [5.74, 6) is -3.23. The van der Waals surface area contributed by atoms with E-state index in [0.29, 0.717) is 0 Å². The molecule has 0 bridgehead atoms. The minimum Gasteiger partial charge on any atom is -0.481 e. The van der Waals surface area contributed by atoms with E-state index in [-0.39, 0.29) is 5.57 Å². The summed E-state index contributed by atoms with van der Waals surface area (Å²) in [6, 6.07) is -1.37. The van der Waals surface area contributed by atoms with Crippen LogP contribution < -0.4 is 10.9 Å². The number of nitrogens with one attached hydrogen (secondary N) is 2. The quantitative estimate of drug-likeness (QED) is 0.338. The second-order valence-corrected chi connectivity index (χ2v) is 2.87. The van der Waals surface area contributed by atoms with Crippen molar-refractivity contribution in [2.24, 2.45) is 0 Å². The Morgan fingerprint density at radius 1 is 1.33 bits per heavy atom. The maximum atomic E-state index is 10.9. The van der Waals surface area contributed by atoms with Gasteiger partial charge >= 0.3 is 11.9 Å². The highest BCUT2D eigenvalue weighted by atomic mass is 16.4. The lowest BCUT2D eigenvalue weighted by molar-refractivity contribution is -0.146. The van der Waals surface area contributed by atoms with Crippen LogP contribution in [0.4, 0.5) is 0 Å². The molecule has 0 heterocycles. The van der Waals surface area contributed by atoms with Crippen molar-refractivity contribution in [2.75, 3.05) is 0 Å². The van der Waals surface area contributed by atoms with Crippen molar-refractivity contribution < 1.29 is 24.6 Å². The van der Waals surface area contributed by atoms with Gasteiger partial charge in [0.15, 0.2) is 0 Å². The van der Waals surface area contributed by atoms with Crippen molar-refractivity contribution in [3.8, 4) is 0 Å². The maximum absolute atomic E-state index is 10.9. The van der Waals surface area contributed by atoms with Gasteiger partial charge in [-0.25, -0.2) is 5.43 Å². The molecule has 7 heteroatoms. The first-order valence-corrected chi connectivity index (χ1v) is 4.00. The third-order valence-corrected chi connectivity index (χ3v) is 1.42. The van der Waals surface area contributed by atoms with Crippen molar-refractivity contribution in [3.63, 3.8) is 0 Å². The molecule has 0 aliphatic heterocycles. The van der Waals surface area contributed by atoms with Crippen molar-refractivity contribution >= 4 is 17.8 Å². The van der Waals surface area contributed by atoms with Crippen molar-refractivity contribution in [1.82, 2.24) is 10.9 Å². The molecule has 0 radical (unpaired) electrons. The molecule has 0 fully saturated rings. The van der Waals surface area contributed by atoms with Gasteiger partial charge in [0.25, 0.3) is 5.91 Å². The number of hydrogen-bond acceptors (Lipinski definition) is 4. The highest BCUT2D eigenvalue weighted by Gasteiger charge is 2.21. The van der Waals surface area contributed by atoms with E-state index < -0.39 is 30.3 Å². The zero-order valence-corrected chi connectivity index (χ0v) is 8.11. The zero-order valence-electron chi connectivity index (χ0n) is 8.11. The number of amides is 1. The molecule has 0 unspecified atom stereocenters. The zero-order chi connectivity index (χ0) is 12.0. The Kier molecular flexibility index (Phi) is 5.03. The average Bonchev–Trinajstić information content (AvgIpc) is 2.10. The molecule has 15 heavy (non-hydrogen) atoms. The fourth-order valence-electron chi connectivity index (χ4n) is 0.634. The van der Waals surface area contributed by atoms with Crippen LogP contribution in [0.3, 0.4) is 0 Å². The molecule has 4 N–H and O–H groups in total.